The van der Waals surface area contributed by atoms with Crippen molar-refractivity contribution in [1.29, 1.82) is 0 Å². The summed E-state index contributed by atoms with van der Waals surface area (Å²) in [5.74, 6) is 1.33. The molecule has 6 nitrogen and oxygen atoms in total. The Labute approximate surface area is 153 Å². The number of hydrogen-bond donors (Lipinski definition) is 2. The zero-order valence-electron chi connectivity index (χ0n) is 15.2. The van der Waals surface area contributed by atoms with Gasteiger partial charge in [-0.1, -0.05) is 19.9 Å². The van der Waals surface area contributed by atoms with Crippen LogP contribution in [-0.2, 0) is 6.54 Å². The first-order valence-corrected chi connectivity index (χ1v) is 8.64. The van der Waals surface area contributed by atoms with Crippen molar-refractivity contribution in [2.24, 2.45) is 5.92 Å². The van der Waals surface area contributed by atoms with Crippen LogP contribution in [0.3, 0.4) is 0 Å². The number of carbonyl (C=O) groups excluding carboxylic acids is 1. The maximum atomic E-state index is 11.7. The molecule has 1 amide bonds. The van der Waals surface area contributed by atoms with Crippen molar-refractivity contribution in [2.45, 2.75) is 26.4 Å². The maximum Gasteiger partial charge on any atom is 0.274 e. The number of nitrogens with one attached hydrogen (secondary N) is 1. The molecule has 2 N–H and O–H groups in total. The fourth-order valence-electron chi connectivity index (χ4n) is 3.20. The molecule has 0 aromatic heterocycles. The van der Waals surface area contributed by atoms with Crippen molar-refractivity contribution in [3.63, 3.8) is 0 Å². The van der Waals surface area contributed by atoms with Crippen LogP contribution >= 0.6 is 0 Å². The van der Waals surface area contributed by atoms with Crippen LogP contribution in [0.25, 0.3) is 0 Å². The van der Waals surface area contributed by atoms with E-state index in [2.05, 4.69) is 18.7 Å². The number of carbonyl (C=O) groups is 1. The molecule has 2 aromatic carbocycles. The van der Waals surface area contributed by atoms with Gasteiger partial charge in [0.05, 0.1) is 13.2 Å². The lowest BCUT2D eigenvalue weighted by atomic mass is 10.0. The molecule has 26 heavy (non-hydrogen) atoms. The number of hydrogen-bond acceptors (Lipinski definition) is 5. The van der Waals surface area contributed by atoms with Gasteiger partial charge in [0.25, 0.3) is 5.91 Å². The average molecular weight is 356 g/mol. The second kappa shape index (κ2) is 7.66. The lowest BCUT2D eigenvalue weighted by Gasteiger charge is -2.34. The van der Waals surface area contributed by atoms with E-state index in [1.165, 1.54) is 0 Å². The van der Waals surface area contributed by atoms with Crippen molar-refractivity contribution < 1.29 is 19.5 Å². The highest BCUT2D eigenvalue weighted by molar-refractivity contribution is 5.93. The van der Waals surface area contributed by atoms with E-state index in [0.29, 0.717) is 30.4 Å². The molecule has 138 valence electrons. The highest BCUT2D eigenvalue weighted by Crippen LogP contribution is 2.32. The van der Waals surface area contributed by atoms with Gasteiger partial charge in [-0.05, 0) is 42.3 Å². The SMILES string of the molecule is COc1ccc(N2Cc3ccc(C(=O)NO)cc3OC[C@H]2C(C)C)cc1. The Hall–Kier alpha value is -2.73. The van der Waals surface area contributed by atoms with Crippen molar-refractivity contribution >= 4 is 11.6 Å². The fraction of sp³-hybridized carbons (Fsp3) is 0.350. The molecule has 0 unspecified atom stereocenters. The van der Waals surface area contributed by atoms with Crippen molar-refractivity contribution in [1.82, 2.24) is 5.48 Å². The Morgan fingerprint density at radius 2 is 2.00 bits per heavy atom. The maximum absolute atomic E-state index is 11.7. The molecule has 1 aliphatic rings. The van der Waals surface area contributed by atoms with Crippen molar-refractivity contribution in [2.75, 3.05) is 18.6 Å². The van der Waals surface area contributed by atoms with E-state index in [9.17, 15) is 4.79 Å². The summed E-state index contributed by atoms with van der Waals surface area (Å²) >= 11 is 0. The van der Waals surface area contributed by atoms with Crippen molar-refractivity contribution in [3.8, 4) is 11.5 Å². The Balaban J connectivity index is 1.95. The molecule has 1 heterocycles. The number of amides is 1. The van der Waals surface area contributed by atoms with E-state index >= 15 is 0 Å². The second-order valence-electron chi connectivity index (χ2n) is 6.71. The number of nitrogens with zero attached hydrogens (tertiary/aromatic N) is 1. The minimum absolute atomic E-state index is 0.186. The highest BCUT2D eigenvalue weighted by atomic mass is 16.5. The molecular weight excluding hydrogens is 332 g/mol. The summed E-state index contributed by atoms with van der Waals surface area (Å²) in [5.41, 5.74) is 4.12. The van der Waals surface area contributed by atoms with Crippen LogP contribution in [0.1, 0.15) is 29.8 Å². The van der Waals surface area contributed by atoms with E-state index in [0.717, 1.165) is 17.0 Å². The Morgan fingerprint density at radius 1 is 1.27 bits per heavy atom. The summed E-state index contributed by atoms with van der Waals surface area (Å²) in [6, 6.07) is 13.4. The van der Waals surface area contributed by atoms with Gasteiger partial charge in [0.1, 0.15) is 18.1 Å². The monoisotopic (exact) mass is 356 g/mol. The first kappa shape index (κ1) is 18.1. The molecule has 0 spiro atoms. The lowest BCUT2D eigenvalue weighted by Crippen LogP contribution is -2.41. The second-order valence-corrected chi connectivity index (χ2v) is 6.71. The van der Waals surface area contributed by atoms with E-state index in [1.54, 1.807) is 24.7 Å². The van der Waals surface area contributed by atoms with Gasteiger partial charge in [-0.15, -0.1) is 0 Å². The molecule has 1 aliphatic heterocycles. The molecule has 6 heteroatoms. The van der Waals surface area contributed by atoms with Gasteiger partial charge >= 0.3 is 0 Å². The number of ether oxygens (including phenoxy) is 2. The van der Waals surface area contributed by atoms with Gasteiger partial charge in [0.2, 0.25) is 0 Å². The smallest absolute Gasteiger partial charge is 0.274 e. The van der Waals surface area contributed by atoms with Crippen LogP contribution in [0.2, 0.25) is 0 Å². The third-order valence-corrected chi connectivity index (χ3v) is 4.76. The molecule has 0 saturated carbocycles. The van der Waals surface area contributed by atoms with E-state index in [4.69, 9.17) is 14.7 Å². The minimum Gasteiger partial charge on any atom is -0.497 e. The van der Waals surface area contributed by atoms with Gasteiger partial charge in [-0.3, -0.25) is 10.0 Å². The summed E-state index contributed by atoms with van der Waals surface area (Å²) in [6.07, 6.45) is 0. The van der Waals surface area contributed by atoms with Crippen LogP contribution in [0.4, 0.5) is 5.69 Å². The zero-order chi connectivity index (χ0) is 18.7. The van der Waals surface area contributed by atoms with Gasteiger partial charge in [0.15, 0.2) is 0 Å². The fourth-order valence-corrected chi connectivity index (χ4v) is 3.20. The number of rotatable bonds is 4. The Morgan fingerprint density at radius 3 is 2.62 bits per heavy atom. The van der Waals surface area contributed by atoms with Gasteiger partial charge < -0.3 is 14.4 Å². The molecule has 0 bridgehead atoms. The van der Waals surface area contributed by atoms with E-state index in [-0.39, 0.29) is 6.04 Å². The molecule has 2 aromatic rings. The first-order valence-electron chi connectivity index (χ1n) is 8.64. The van der Waals surface area contributed by atoms with Crippen LogP contribution in [0, 0.1) is 5.92 Å². The van der Waals surface area contributed by atoms with Crippen LogP contribution in [0.5, 0.6) is 11.5 Å². The van der Waals surface area contributed by atoms with Gasteiger partial charge in [-0.2, -0.15) is 0 Å². The summed E-state index contributed by atoms with van der Waals surface area (Å²) in [4.78, 5) is 14.0. The topological polar surface area (TPSA) is 71.0 Å². The first-order chi connectivity index (χ1) is 12.5. The predicted molar refractivity (Wildman–Crippen MR) is 99.0 cm³/mol. The molecule has 0 radical (unpaired) electrons. The van der Waals surface area contributed by atoms with E-state index < -0.39 is 5.91 Å². The highest BCUT2D eigenvalue weighted by Gasteiger charge is 2.28. The van der Waals surface area contributed by atoms with Crippen LogP contribution < -0.4 is 19.9 Å². The molecule has 0 fully saturated rings. The Kier molecular flexibility index (Phi) is 5.32. The summed E-state index contributed by atoms with van der Waals surface area (Å²) < 4.78 is 11.3. The van der Waals surface area contributed by atoms with Crippen LogP contribution in [-0.4, -0.2) is 30.9 Å². The lowest BCUT2D eigenvalue weighted by molar-refractivity contribution is 0.0706. The standard InChI is InChI=1S/C20H24N2O4/c1-13(2)18-12-26-19-10-14(20(23)21-24)4-5-15(19)11-22(18)16-6-8-17(25-3)9-7-16/h4-10,13,18,24H,11-12H2,1-3H3,(H,21,23)/t18-/m0/s1. The van der Waals surface area contributed by atoms with E-state index in [1.807, 2.05) is 30.3 Å². The van der Waals surface area contributed by atoms with Crippen LogP contribution in [0.15, 0.2) is 42.5 Å². The number of benzene rings is 2. The predicted octanol–water partition coefficient (Wildman–Crippen LogP) is 3.24. The van der Waals surface area contributed by atoms with Gasteiger partial charge in [0, 0.05) is 23.4 Å². The Bertz CT molecular complexity index is 774. The third-order valence-electron chi connectivity index (χ3n) is 4.76. The quantitative estimate of drug-likeness (QED) is 0.650. The minimum atomic E-state index is -0.548. The number of hydroxylamine groups is 1. The molecule has 1 atom stereocenters. The summed E-state index contributed by atoms with van der Waals surface area (Å²) in [5, 5.41) is 8.84. The molecule has 3 rings (SSSR count). The largest absolute Gasteiger partial charge is 0.497 e. The normalized spacial score (nSPS) is 16.5. The summed E-state index contributed by atoms with van der Waals surface area (Å²) in [7, 11) is 1.65. The number of fused-ring (bicyclic) bond motifs is 1. The van der Waals surface area contributed by atoms with Gasteiger partial charge in [-0.25, -0.2) is 5.48 Å². The molecular formula is C20H24N2O4. The number of methoxy groups -OCH3 is 1. The summed E-state index contributed by atoms with van der Waals surface area (Å²) in [6.45, 7) is 5.53. The zero-order valence-corrected chi connectivity index (χ0v) is 15.2. The third kappa shape index (κ3) is 3.60. The molecule has 0 saturated heterocycles. The molecule has 0 aliphatic carbocycles. The number of anilines is 1. The van der Waals surface area contributed by atoms with Crippen molar-refractivity contribution in [3.05, 3.63) is 53.6 Å². The average Bonchev–Trinajstić information content (AvgIpc) is 2.86.